The first-order valence-electron chi connectivity index (χ1n) is 4.40. The lowest BCUT2D eigenvalue weighted by Gasteiger charge is -1.86. The molecule has 17 heavy (non-hydrogen) atoms. The van der Waals surface area contributed by atoms with Gasteiger partial charge in [-0.05, 0) is 48.5 Å². The van der Waals surface area contributed by atoms with Crippen LogP contribution in [0.25, 0.3) is 0 Å². The minimum atomic E-state index is 0. The SMILES string of the molecule is Brc1ccc(Br)cc1.Brc1ccc(Br)cc1.S. The Morgan fingerprint density at radius 1 is 0.412 bits per heavy atom. The van der Waals surface area contributed by atoms with Crippen molar-refractivity contribution in [2.24, 2.45) is 0 Å². The van der Waals surface area contributed by atoms with Crippen molar-refractivity contribution in [1.82, 2.24) is 0 Å². The van der Waals surface area contributed by atoms with E-state index in [2.05, 4.69) is 63.7 Å². The van der Waals surface area contributed by atoms with E-state index < -0.39 is 0 Å². The average molecular weight is 506 g/mol. The molecular formula is C12H10Br4S. The van der Waals surface area contributed by atoms with Crippen molar-refractivity contribution >= 4 is 77.2 Å². The summed E-state index contributed by atoms with van der Waals surface area (Å²) in [6.45, 7) is 0. The van der Waals surface area contributed by atoms with Gasteiger partial charge in [0.25, 0.3) is 0 Å². The quantitative estimate of drug-likeness (QED) is 0.381. The van der Waals surface area contributed by atoms with Crippen LogP contribution in [0.4, 0.5) is 0 Å². The van der Waals surface area contributed by atoms with Crippen LogP contribution in [0.3, 0.4) is 0 Å². The van der Waals surface area contributed by atoms with Gasteiger partial charge in [-0.3, -0.25) is 0 Å². The van der Waals surface area contributed by atoms with Crippen LogP contribution in [-0.2, 0) is 0 Å². The van der Waals surface area contributed by atoms with E-state index in [1.165, 1.54) is 0 Å². The maximum atomic E-state index is 3.32. The fourth-order valence-electron chi connectivity index (χ4n) is 0.859. The Morgan fingerprint density at radius 3 is 0.647 bits per heavy atom. The van der Waals surface area contributed by atoms with Gasteiger partial charge < -0.3 is 0 Å². The number of rotatable bonds is 0. The summed E-state index contributed by atoms with van der Waals surface area (Å²) >= 11 is 13.3. The smallest absolute Gasteiger partial charge is 0.0176 e. The van der Waals surface area contributed by atoms with Crippen molar-refractivity contribution in [2.75, 3.05) is 0 Å². The second-order valence-corrected chi connectivity index (χ2v) is 6.54. The van der Waals surface area contributed by atoms with E-state index in [-0.39, 0.29) is 13.5 Å². The second-order valence-electron chi connectivity index (χ2n) is 2.87. The molecule has 0 radical (unpaired) electrons. The molecule has 92 valence electrons. The molecule has 2 aromatic carbocycles. The molecule has 0 aliphatic rings. The molecular weight excluding hydrogens is 496 g/mol. The fraction of sp³-hybridized carbons (Fsp3) is 0. The molecule has 0 spiro atoms. The number of benzene rings is 2. The van der Waals surface area contributed by atoms with Gasteiger partial charge in [0.1, 0.15) is 0 Å². The summed E-state index contributed by atoms with van der Waals surface area (Å²) in [7, 11) is 0. The zero-order chi connectivity index (χ0) is 12.0. The average Bonchev–Trinajstić information content (AvgIpc) is 2.28. The summed E-state index contributed by atoms with van der Waals surface area (Å²) in [4.78, 5) is 0. The molecule has 0 saturated heterocycles. The van der Waals surface area contributed by atoms with E-state index in [0.29, 0.717) is 0 Å². The predicted octanol–water partition coefficient (Wildman–Crippen LogP) is 6.54. The third-order valence-electron chi connectivity index (χ3n) is 1.61. The van der Waals surface area contributed by atoms with Crippen LogP contribution in [0.15, 0.2) is 66.4 Å². The van der Waals surface area contributed by atoms with Crippen LogP contribution < -0.4 is 0 Å². The van der Waals surface area contributed by atoms with Crippen molar-refractivity contribution in [3.8, 4) is 0 Å². The minimum Gasteiger partial charge on any atom is -0.197 e. The molecule has 5 heteroatoms. The fourth-order valence-corrected chi connectivity index (χ4v) is 1.92. The third-order valence-corrected chi connectivity index (χ3v) is 3.72. The normalized spacial score (nSPS) is 8.71. The lowest BCUT2D eigenvalue weighted by Crippen LogP contribution is -1.61. The Labute approximate surface area is 142 Å². The van der Waals surface area contributed by atoms with E-state index >= 15 is 0 Å². The van der Waals surface area contributed by atoms with Crippen LogP contribution in [0.2, 0.25) is 0 Å². The maximum absolute atomic E-state index is 3.32. The maximum Gasteiger partial charge on any atom is 0.0176 e. The number of halogens is 4. The van der Waals surface area contributed by atoms with Gasteiger partial charge in [-0.15, -0.1) is 0 Å². The first kappa shape index (κ1) is 17.7. The van der Waals surface area contributed by atoms with Gasteiger partial charge in [0.15, 0.2) is 0 Å². The highest BCUT2D eigenvalue weighted by atomic mass is 79.9. The Morgan fingerprint density at radius 2 is 0.529 bits per heavy atom. The van der Waals surface area contributed by atoms with Crippen LogP contribution in [0, 0.1) is 0 Å². The number of hydrogen-bond acceptors (Lipinski definition) is 0. The molecule has 0 aliphatic carbocycles. The van der Waals surface area contributed by atoms with Crippen LogP contribution in [0.1, 0.15) is 0 Å². The summed E-state index contributed by atoms with van der Waals surface area (Å²) in [5.41, 5.74) is 0. The highest BCUT2D eigenvalue weighted by Gasteiger charge is 1.83. The zero-order valence-electron chi connectivity index (χ0n) is 8.63. The first-order chi connectivity index (χ1) is 7.58. The molecule has 0 atom stereocenters. The molecule has 0 unspecified atom stereocenters. The molecule has 2 aromatic rings. The van der Waals surface area contributed by atoms with Crippen molar-refractivity contribution < 1.29 is 0 Å². The molecule has 0 nitrogen and oxygen atoms in total. The van der Waals surface area contributed by atoms with Crippen LogP contribution >= 0.6 is 77.2 Å². The van der Waals surface area contributed by atoms with Gasteiger partial charge in [0, 0.05) is 17.9 Å². The second kappa shape index (κ2) is 9.62. The zero-order valence-corrected chi connectivity index (χ0v) is 16.0. The summed E-state index contributed by atoms with van der Waals surface area (Å²) in [5, 5.41) is 0. The van der Waals surface area contributed by atoms with Crippen molar-refractivity contribution in [1.29, 1.82) is 0 Å². The van der Waals surface area contributed by atoms with Crippen LogP contribution in [0.5, 0.6) is 0 Å². The van der Waals surface area contributed by atoms with Gasteiger partial charge in [-0.1, -0.05) is 63.7 Å². The first-order valence-corrected chi connectivity index (χ1v) is 7.57. The lowest BCUT2D eigenvalue weighted by atomic mass is 10.4. The van der Waals surface area contributed by atoms with Gasteiger partial charge in [-0.2, -0.15) is 13.5 Å². The molecule has 0 fully saturated rings. The summed E-state index contributed by atoms with van der Waals surface area (Å²) in [6.07, 6.45) is 0. The minimum absolute atomic E-state index is 0. The molecule has 0 heterocycles. The molecule has 0 saturated carbocycles. The molecule has 0 aliphatic heterocycles. The predicted molar refractivity (Wildman–Crippen MR) is 94.1 cm³/mol. The Balaban J connectivity index is 0.000000284. The molecule has 0 N–H and O–H groups in total. The Bertz CT molecular complexity index is 340. The highest BCUT2D eigenvalue weighted by molar-refractivity contribution is 9.11. The van der Waals surface area contributed by atoms with Gasteiger partial charge in [-0.25, -0.2) is 0 Å². The van der Waals surface area contributed by atoms with Gasteiger partial charge >= 0.3 is 0 Å². The van der Waals surface area contributed by atoms with Gasteiger partial charge in [0.05, 0.1) is 0 Å². The standard InChI is InChI=1S/2C6H4Br2.H2S/c2*7-5-1-2-6(8)4-3-5;/h2*1-4H;1H2. The van der Waals surface area contributed by atoms with Crippen molar-refractivity contribution in [3.63, 3.8) is 0 Å². The van der Waals surface area contributed by atoms with E-state index in [4.69, 9.17) is 0 Å². The van der Waals surface area contributed by atoms with E-state index in [1.54, 1.807) is 0 Å². The largest absolute Gasteiger partial charge is 0.197 e. The number of hydrogen-bond donors (Lipinski definition) is 0. The Kier molecular flexibility index (Phi) is 10.0. The topological polar surface area (TPSA) is 0 Å². The summed E-state index contributed by atoms with van der Waals surface area (Å²) < 4.78 is 4.45. The van der Waals surface area contributed by atoms with Crippen molar-refractivity contribution in [3.05, 3.63) is 66.4 Å². The highest BCUT2D eigenvalue weighted by Crippen LogP contribution is 2.14. The lowest BCUT2D eigenvalue weighted by molar-refractivity contribution is 1.61. The molecule has 0 aromatic heterocycles. The Hall–Kier alpha value is 0.710. The summed E-state index contributed by atoms with van der Waals surface area (Å²) in [6, 6.07) is 15.9. The van der Waals surface area contributed by atoms with Gasteiger partial charge in [0.2, 0.25) is 0 Å². The van der Waals surface area contributed by atoms with Crippen molar-refractivity contribution in [2.45, 2.75) is 0 Å². The third kappa shape index (κ3) is 8.43. The van der Waals surface area contributed by atoms with E-state index in [0.717, 1.165) is 17.9 Å². The van der Waals surface area contributed by atoms with E-state index in [9.17, 15) is 0 Å². The summed E-state index contributed by atoms with van der Waals surface area (Å²) in [5.74, 6) is 0. The molecule has 0 amide bonds. The molecule has 0 bridgehead atoms. The van der Waals surface area contributed by atoms with E-state index in [1.807, 2.05) is 48.5 Å². The monoisotopic (exact) mass is 502 g/mol. The molecule has 2 rings (SSSR count). The van der Waals surface area contributed by atoms with Crippen LogP contribution in [-0.4, -0.2) is 0 Å².